The van der Waals surface area contributed by atoms with Crippen molar-refractivity contribution in [3.05, 3.63) is 316 Å². The number of fused-ring (bicyclic) bond motifs is 7. The molecule has 23 heteroatoms. The normalized spacial score (nSPS) is 14.1. The van der Waals surface area contributed by atoms with Crippen LogP contribution >= 0.6 is 27.5 Å². The molecule has 3 aliphatic rings. The lowest BCUT2D eigenvalue weighted by Crippen LogP contribution is -2.38. The van der Waals surface area contributed by atoms with E-state index in [9.17, 15) is 38.0 Å². The third-order valence-corrected chi connectivity index (χ3v) is 21.3. The van der Waals surface area contributed by atoms with Crippen molar-refractivity contribution >= 4 is 116 Å². The van der Waals surface area contributed by atoms with Crippen molar-refractivity contribution in [1.29, 1.82) is 0 Å². The number of nitrogen functional groups attached to an aromatic ring is 1. The Bertz CT molecular complexity index is 5750. The number of carbonyl (C=O) groups is 3. The van der Waals surface area contributed by atoms with Crippen molar-refractivity contribution in [2.24, 2.45) is 7.05 Å². The van der Waals surface area contributed by atoms with Gasteiger partial charge >= 0.3 is 0 Å². The zero-order chi connectivity index (χ0) is 77.0. The molecule has 14 aromatic rings. The molecule has 110 heavy (non-hydrogen) atoms. The number of ether oxygens (including phenoxy) is 2. The second kappa shape index (κ2) is 35.0. The monoisotopic (exact) mass is 1560 g/mol. The highest BCUT2D eigenvalue weighted by Crippen LogP contribution is 2.37. The fraction of sp³-hybridized carbons (Fsp3) is 0.230. The van der Waals surface area contributed by atoms with Gasteiger partial charge in [-0.3, -0.25) is 38.2 Å². The number of aryl methyl sites for hydroxylation is 2. The number of anilines is 1. The maximum Gasteiger partial charge on any atom is 0.257 e. The van der Waals surface area contributed by atoms with Crippen LogP contribution in [-0.4, -0.2) is 120 Å². The van der Waals surface area contributed by atoms with Crippen LogP contribution < -0.4 is 32.7 Å². The number of rotatable bonds is 10. The number of carbonyl (C=O) groups excluding carboxylic acids is 3. The molecular formula is C87H82BrClFN11O9. The minimum absolute atomic E-state index is 0.0453. The number of nitrogens with zero attached hydrogens (tertiary/aromatic N) is 6. The summed E-state index contributed by atoms with van der Waals surface area (Å²) in [5, 5.41) is 14.9. The molecule has 9 heterocycles. The number of amides is 3. The van der Waals surface area contributed by atoms with E-state index in [1.165, 1.54) is 17.7 Å². The maximum atomic E-state index is 13.5. The summed E-state index contributed by atoms with van der Waals surface area (Å²) < 4.78 is 25.8. The van der Waals surface area contributed by atoms with Gasteiger partial charge < -0.3 is 49.8 Å². The fourth-order valence-corrected chi connectivity index (χ4v) is 15.5. The van der Waals surface area contributed by atoms with Crippen molar-refractivity contribution in [2.75, 3.05) is 58.9 Å². The summed E-state index contributed by atoms with van der Waals surface area (Å²) in [6.45, 7) is 6.37. The molecule has 0 unspecified atom stereocenters. The number of nitrogens with two attached hydrogens (primary N) is 1. The average molecular weight is 1560 g/mol. The molecule has 20 nitrogen and oxygen atoms in total. The third kappa shape index (κ3) is 17.3. The number of likely N-dealkylation sites (tertiary alicyclic amines) is 3. The van der Waals surface area contributed by atoms with E-state index in [4.69, 9.17) is 26.8 Å². The van der Waals surface area contributed by atoms with Crippen LogP contribution in [0.1, 0.15) is 115 Å². The molecule has 0 spiro atoms. The number of hydrogen-bond acceptors (Lipinski definition) is 12. The molecule has 0 atom stereocenters. The van der Waals surface area contributed by atoms with Crippen LogP contribution in [0, 0.1) is 12.7 Å². The minimum Gasteiger partial charge on any atom is -0.450 e. The van der Waals surface area contributed by atoms with Gasteiger partial charge in [-0.1, -0.05) is 148 Å². The number of H-pyrrole nitrogens is 4. The van der Waals surface area contributed by atoms with Gasteiger partial charge in [-0.2, -0.15) is 10.1 Å². The van der Waals surface area contributed by atoms with Crippen LogP contribution in [0.2, 0.25) is 5.02 Å². The molecule has 0 saturated carbocycles. The van der Waals surface area contributed by atoms with E-state index >= 15 is 0 Å². The summed E-state index contributed by atoms with van der Waals surface area (Å²) >= 11 is 9.53. The lowest BCUT2D eigenvalue weighted by atomic mass is 9.87. The van der Waals surface area contributed by atoms with Crippen molar-refractivity contribution < 1.29 is 28.2 Å². The number of benzene rings is 8. The molecule has 8 aromatic carbocycles. The molecule has 6 aromatic heterocycles. The van der Waals surface area contributed by atoms with Gasteiger partial charge in [-0.15, -0.1) is 0 Å². The highest BCUT2D eigenvalue weighted by atomic mass is 79.9. The van der Waals surface area contributed by atoms with E-state index in [0.29, 0.717) is 81.8 Å². The van der Waals surface area contributed by atoms with Crippen molar-refractivity contribution in [1.82, 2.24) is 49.4 Å². The first-order valence-corrected chi connectivity index (χ1v) is 38.0. The molecule has 3 fully saturated rings. The molecular weight excluding hydrogens is 1480 g/mol. The number of aromatic amines is 4. The third-order valence-electron chi connectivity index (χ3n) is 20.5. The molecule has 0 aliphatic carbocycles. The van der Waals surface area contributed by atoms with Gasteiger partial charge in [0.2, 0.25) is 5.88 Å². The topological polar surface area (TPSA) is 268 Å². The summed E-state index contributed by atoms with van der Waals surface area (Å²) in [7, 11) is 3.48. The molecule has 3 amide bonds. The summed E-state index contributed by atoms with van der Waals surface area (Å²) in [5.74, 6) is 1.71. The summed E-state index contributed by atoms with van der Waals surface area (Å²) in [6, 6.07) is 61.2. The van der Waals surface area contributed by atoms with Gasteiger partial charge in [0.25, 0.3) is 40.0 Å². The Balaban J connectivity index is 0.000000123. The van der Waals surface area contributed by atoms with E-state index in [0.717, 1.165) is 134 Å². The van der Waals surface area contributed by atoms with Gasteiger partial charge in [0.15, 0.2) is 12.4 Å². The van der Waals surface area contributed by atoms with Crippen LogP contribution in [0.15, 0.2) is 238 Å². The van der Waals surface area contributed by atoms with Crippen molar-refractivity contribution in [3.8, 4) is 5.88 Å². The van der Waals surface area contributed by atoms with Crippen LogP contribution in [0.25, 0.3) is 64.9 Å². The fourth-order valence-electron chi connectivity index (χ4n) is 15.0. The van der Waals surface area contributed by atoms with E-state index < -0.39 is 5.82 Å². The van der Waals surface area contributed by atoms with Gasteiger partial charge in [-0.05, 0) is 186 Å². The second-order valence-electron chi connectivity index (χ2n) is 27.5. The molecule has 3 aliphatic heterocycles. The number of piperidine rings is 3. The Morgan fingerprint density at radius 2 is 0.936 bits per heavy atom. The quantitative estimate of drug-likeness (QED) is 0.0632. The van der Waals surface area contributed by atoms with Gasteiger partial charge in [-0.25, -0.2) is 4.39 Å². The lowest BCUT2D eigenvalue weighted by Gasteiger charge is -2.32. The molecule has 6 N–H and O–H groups in total. The molecule has 560 valence electrons. The molecule has 0 bridgehead atoms. The molecule has 3 saturated heterocycles. The van der Waals surface area contributed by atoms with E-state index in [1.807, 2.05) is 205 Å². The van der Waals surface area contributed by atoms with E-state index in [1.54, 1.807) is 36.2 Å². The first-order valence-electron chi connectivity index (χ1n) is 36.5. The van der Waals surface area contributed by atoms with Crippen LogP contribution in [0.5, 0.6) is 5.88 Å². The first-order chi connectivity index (χ1) is 53.4. The Morgan fingerprint density at radius 3 is 1.42 bits per heavy atom. The summed E-state index contributed by atoms with van der Waals surface area (Å²) in [6.07, 6.45) is 10.6. The minimum atomic E-state index is -0.413. The van der Waals surface area contributed by atoms with E-state index in [-0.39, 0.29) is 52.7 Å². The zero-order valence-corrected chi connectivity index (χ0v) is 63.3. The number of halogens is 3. The van der Waals surface area contributed by atoms with Gasteiger partial charge in [0, 0.05) is 126 Å². The Morgan fingerprint density at radius 1 is 0.509 bits per heavy atom. The second-order valence-corrected chi connectivity index (χ2v) is 28.5. The SMILES string of the molecule is COCOc1nc2c(c(CBr)nn2C)c2ccccc12.Cc1ccc2cc(N)[nH]c(=O)c2c1.O=C(c1ccccc1)N1CCC(c2c[nH]c(=O)c3cc(Cl)ccc23)CC1.O=C(c1ccccc1)N1CCC(c2c[nH]c(=O)c3cc(F)ccc23)CC1.O=C(c1ccccc1)N1CCC(c2c[nH]c(=O)c3ccccc23)CC1. The smallest absolute Gasteiger partial charge is 0.257 e. The molecule has 17 rings (SSSR count). The first kappa shape index (κ1) is 76.3. The summed E-state index contributed by atoms with van der Waals surface area (Å²) in [5.41, 5.74) is 13.3. The van der Waals surface area contributed by atoms with E-state index in [2.05, 4.69) is 52.0 Å². The zero-order valence-electron chi connectivity index (χ0n) is 61.0. The Kier molecular flexibility index (Phi) is 24.3. The number of hydrogen-bond donors (Lipinski definition) is 5. The van der Waals surface area contributed by atoms with Gasteiger partial charge in [0.1, 0.15) is 11.6 Å². The summed E-state index contributed by atoms with van der Waals surface area (Å²) in [4.78, 5) is 107. The Labute approximate surface area is 645 Å². The van der Waals surface area contributed by atoms with Gasteiger partial charge in [0.05, 0.1) is 16.5 Å². The number of nitrogens with one attached hydrogen (secondary N) is 4. The van der Waals surface area contributed by atoms with Crippen molar-refractivity contribution in [2.45, 2.75) is 68.5 Å². The number of pyridine rings is 5. The standard InChI is InChI=1S/C21H19ClN2O2.C21H19FN2O2.C21H20N2O2.C14H14BrN3O2.C10H10N2O/c2*22-16-6-7-17-18(12-16)20(25)23-13-19(17)14-8-10-24(11-9-14)21(26)15-4-2-1-3-5-15;24-20-18-9-5-4-8-17(18)19(14-22-20)15-10-12-23(13-11-15)21(25)16-6-2-1-3-7-16;1-18-13-12(11(7-15)17-18)9-5-3-4-6-10(9)14(16-13)20-8-19-2;1-6-2-3-7-5-9(11)12-10(13)8(7)4-6/h2*1-7,12-14H,8-11H2,(H,23,25);1-9,14-15H,10-13H2,(H,22,24);3-6H,7-8H2,1-2H3;2-5H,1H3,(H3,11,12,13). The van der Waals surface area contributed by atoms with Crippen LogP contribution in [-0.2, 0) is 17.1 Å². The Hall–Kier alpha value is -11.9. The average Bonchev–Trinajstić information content (AvgIpc) is 1.56. The van der Waals surface area contributed by atoms with Crippen LogP contribution in [0.4, 0.5) is 10.2 Å². The predicted octanol–water partition coefficient (Wildman–Crippen LogP) is 15.9. The highest BCUT2D eigenvalue weighted by molar-refractivity contribution is 9.08. The highest BCUT2D eigenvalue weighted by Gasteiger charge is 2.30. The maximum absolute atomic E-state index is 13.5. The number of alkyl halides is 1. The predicted molar refractivity (Wildman–Crippen MR) is 437 cm³/mol. The molecule has 0 radical (unpaired) electrons. The van der Waals surface area contributed by atoms with Crippen LogP contribution in [0.3, 0.4) is 0 Å². The largest absolute Gasteiger partial charge is 0.450 e. The lowest BCUT2D eigenvalue weighted by molar-refractivity contribution is 0.0492. The number of methoxy groups -OCH3 is 1. The number of aromatic nitrogens is 7. The van der Waals surface area contributed by atoms with Crippen molar-refractivity contribution in [3.63, 3.8) is 0 Å².